The first-order valence-corrected chi connectivity index (χ1v) is 5.04. The Kier molecular flexibility index (Phi) is 3.67. The topological polar surface area (TPSA) is 96.5 Å². The van der Waals surface area contributed by atoms with Crippen LogP contribution in [0.1, 0.15) is 40.1 Å². The standard InChI is InChI=1S/C11H13NO5/c1-4-17-11(16)8-5(2)7(6(3)13)9(14)12-10(8)15/h4H2,1-3H3,(H2,12,14,15). The molecule has 17 heavy (non-hydrogen) atoms. The molecule has 0 saturated carbocycles. The van der Waals surface area contributed by atoms with Gasteiger partial charge in [-0.1, -0.05) is 0 Å². The summed E-state index contributed by atoms with van der Waals surface area (Å²) in [4.78, 5) is 36.3. The molecule has 0 atom stereocenters. The summed E-state index contributed by atoms with van der Waals surface area (Å²) in [5.41, 5.74) is -0.930. The SMILES string of the molecule is CCOC(=O)c1c(O)[nH]c(=O)c(C(C)=O)c1C. The summed E-state index contributed by atoms with van der Waals surface area (Å²) in [5.74, 6) is -1.84. The number of aromatic hydroxyl groups is 1. The second-order valence-corrected chi connectivity index (χ2v) is 3.45. The lowest BCUT2D eigenvalue weighted by atomic mass is 10.0. The van der Waals surface area contributed by atoms with E-state index in [1.165, 1.54) is 13.8 Å². The number of ketones is 1. The van der Waals surface area contributed by atoms with Gasteiger partial charge in [-0.2, -0.15) is 0 Å². The quantitative estimate of drug-likeness (QED) is 0.599. The fourth-order valence-electron chi connectivity index (χ4n) is 1.58. The number of esters is 1. The van der Waals surface area contributed by atoms with Crippen LogP contribution in [0, 0.1) is 6.92 Å². The van der Waals surface area contributed by atoms with Crippen molar-refractivity contribution in [1.82, 2.24) is 4.98 Å². The van der Waals surface area contributed by atoms with Crippen LogP contribution >= 0.6 is 0 Å². The zero-order chi connectivity index (χ0) is 13.2. The van der Waals surface area contributed by atoms with Gasteiger partial charge in [-0.05, 0) is 26.3 Å². The third kappa shape index (κ3) is 2.35. The molecular formula is C11H13NO5. The van der Waals surface area contributed by atoms with Crippen LogP contribution in [0.5, 0.6) is 5.88 Å². The summed E-state index contributed by atoms with van der Waals surface area (Å²) in [5, 5.41) is 9.51. The maximum Gasteiger partial charge on any atom is 0.343 e. The van der Waals surface area contributed by atoms with E-state index >= 15 is 0 Å². The van der Waals surface area contributed by atoms with Gasteiger partial charge >= 0.3 is 5.97 Å². The molecule has 0 unspecified atom stereocenters. The summed E-state index contributed by atoms with van der Waals surface area (Å²) in [7, 11) is 0. The molecule has 1 heterocycles. The van der Waals surface area contributed by atoms with Crippen molar-refractivity contribution in [3.63, 3.8) is 0 Å². The highest BCUT2D eigenvalue weighted by Crippen LogP contribution is 2.20. The Labute approximate surface area is 97.2 Å². The lowest BCUT2D eigenvalue weighted by molar-refractivity contribution is 0.0521. The molecule has 0 aromatic carbocycles. The van der Waals surface area contributed by atoms with Crippen LogP contribution in [0.25, 0.3) is 0 Å². The monoisotopic (exact) mass is 239 g/mol. The van der Waals surface area contributed by atoms with Gasteiger partial charge in [0.1, 0.15) is 5.56 Å². The molecule has 0 bridgehead atoms. The molecular weight excluding hydrogens is 226 g/mol. The van der Waals surface area contributed by atoms with Gasteiger partial charge in [-0.25, -0.2) is 4.79 Å². The molecule has 1 rings (SSSR count). The van der Waals surface area contributed by atoms with E-state index in [0.717, 1.165) is 0 Å². The molecule has 2 N–H and O–H groups in total. The first-order chi connectivity index (χ1) is 7.90. The van der Waals surface area contributed by atoms with E-state index in [2.05, 4.69) is 0 Å². The Hall–Kier alpha value is -2.11. The van der Waals surface area contributed by atoms with Crippen molar-refractivity contribution in [2.75, 3.05) is 6.61 Å². The van der Waals surface area contributed by atoms with Gasteiger partial charge in [0.25, 0.3) is 5.56 Å². The van der Waals surface area contributed by atoms with E-state index in [4.69, 9.17) is 4.74 Å². The fourth-order valence-corrected chi connectivity index (χ4v) is 1.58. The summed E-state index contributed by atoms with van der Waals surface area (Å²) >= 11 is 0. The van der Waals surface area contributed by atoms with E-state index in [1.54, 1.807) is 6.92 Å². The number of hydrogen-bond acceptors (Lipinski definition) is 5. The molecule has 0 radical (unpaired) electrons. The van der Waals surface area contributed by atoms with Crippen molar-refractivity contribution in [3.8, 4) is 5.88 Å². The van der Waals surface area contributed by atoms with Crippen LogP contribution in [0.2, 0.25) is 0 Å². The first kappa shape index (κ1) is 13.0. The highest BCUT2D eigenvalue weighted by Gasteiger charge is 2.22. The van der Waals surface area contributed by atoms with Gasteiger partial charge in [-0.3, -0.25) is 14.6 Å². The molecule has 0 aliphatic rings. The van der Waals surface area contributed by atoms with Crippen LogP contribution in [0.15, 0.2) is 4.79 Å². The number of aromatic amines is 1. The largest absolute Gasteiger partial charge is 0.494 e. The molecule has 0 saturated heterocycles. The van der Waals surface area contributed by atoms with Crippen molar-refractivity contribution in [3.05, 3.63) is 27.0 Å². The lowest BCUT2D eigenvalue weighted by Crippen LogP contribution is -2.22. The molecule has 0 fully saturated rings. The second kappa shape index (κ2) is 4.82. The van der Waals surface area contributed by atoms with Gasteiger partial charge in [0.05, 0.1) is 12.2 Å². The number of carbonyl (C=O) groups is 2. The zero-order valence-electron chi connectivity index (χ0n) is 9.79. The van der Waals surface area contributed by atoms with Crippen LogP contribution in [-0.4, -0.2) is 28.4 Å². The second-order valence-electron chi connectivity index (χ2n) is 3.45. The maximum atomic E-state index is 11.6. The third-order valence-corrected chi connectivity index (χ3v) is 2.28. The number of H-pyrrole nitrogens is 1. The Morgan fingerprint density at radius 1 is 1.35 bits per heavy atom. The first-order valence-electron chi connectivity index (χ1n) is 5.04. The predicted octanol–water partition coefficient (Wildman–Crippen LogP) is 0.768. The van der Waals surface area contributed by atoms with E-state index in [-0.39, 0.29) is 23.3 Å². The summed E-state index contributed by atoms with van der Waals surface area (Å²) in [6.45, 7) is 4.37. The molecule has 92 valence electrons. The molecule has 6 nitrogen and oxygen atoms in total. The molecule has 0 aliphatic carbocycles. The zero-order valence-corrected chi connectivity index (χ0v) is 9.79. The number of rotatable bonds is 3. The Morgan fingerprint density at radius 3 is 2.41 bits per heavy atom. The lowest BCUT2D eigenvalue weighted by Gasteiger charge is -2.09. The Bertz CT molecular complexity index is 529. The highest BCUT2D eigenvalue weighted by atomic mass is 16.5. The van der Waals surface area contributed by atoms with Crippen molar-refractivity contribution >= 4 is 11.8 Å². The Balaban J connectivity index is 3.51. The smallest absolute Gasteiger partial charge is 0.343 e. The number of ether oxygens (including phenoxy) is 1. The van der Waals surface area contributed by atoms with Crippen LogP contribution in [-0.2, 0) is 4.74 Å². The number of aromatic nitrogens is 1. The summed E-state index contributed by atoms with van der Waals surface area (Å²) in [6, 6.07) is 0. The molecule has 0 aliphatic heterocycles. The van der Waals surface area contributed by atoms with E-state index < -0.39 is 23.2 Å². The van der Waals surface area contributed by atoms with E-state index in [1.807, 2.05) is 4.98 Å². The maximum absolute atomic E-state index is 11.6. The van der Waals surface area contributed by atoms with Gasteiger partial charge < -0.3 is 9.84 Å². The summed E-state index contributed by atoms with van der Waals surface area (Å²) in [6.07, 6.45) is 0. The number of carbonyl (C=O) groups excluding carboxylic acids is 2. The van der Waals surface area contributed by atoms with Crippen LogP contribution < -0.4 is 5.56 Å². The normalized spacial score (nSPS) is 10.1. The number of hydrogen-bond donors (Lipinski definition) is 2. The molecule has 6 heteroatoms. The van der Waals surface area contributed by atoms with Crippen molar-refractivity contribution in [1.29, 1.82) is 0 Å². The van der Waals surface area contributed by atoms with Crippen molar-refractivity contribution in [2.24, 2.45) is 0 Å². The number of Topliss-reactive ketones (excluding diaryl/α,β-unsaturated/α-hetero) is 1. The van der Waals surface area contributed by atoms with Crippen molar-refractivity contribution < 1.29 is 19.4 Å². The fraction of sp³-hybridized carbons (Fsp3) is 0.364. The minimum Gasteiger partial charge on any atom is -0.494 e. The Morgan fingerprint density at radius 2 is 1.94 bits per heavy atom. The van der Waals surface area contributed by atoms with Crippen LogP contribution in [0.4, 0.5) is 0 Å². The van der Waals surface area contributed by atoms with Gasteiger partial charge in [-0.15, -0.1) is 0 Å². The van der Waals surface area contributed by atoms with Gasteiger partial charge in [0.15, 0.2) is 5.78 Å². The number of nitrogens with one attached hydrogen (secondary N) is 1. The minimum absolute atomic E-state index is 0.122. The average Bonchev–Trinajstić information content (AvgIpc) is 2.15. The van der Waals surface area contributed by atoms with Gasteiger partial charge in [0.2, 0.25) is 5.88 Å². The van der Waals surface area contributed by atoms with Crippen LogP contribution in [0.3, 0.4) is 0 Å². The average molecular weight is 239 g/mol. The van der Waals surface area contributed by atoms with E-state index in [0.29, 0.717) is 0 Å². The van der Waals surface area contributed by atoms with Crippen molar-refractivity contribution in [2.45, 2.75) is 20.8 Å². The third-order valence-electron chi connectivity index (χ3n) is 2.28. The molecule has 1 aromatic heterocycles. The predicted molar refractivity (Wildman–Crippen MR) is 59.4 cm³/mol. The minimum atomic E-state index is -0.777. The molecule has 0 spiro atoms. The van der Waals surface area contributed by atoms with Gasteiger partial charge in [0, 0.05) is 0 Å². The van der Waals surface area contributed by atoms with E-state index in [9.17, 15) is 19.5 Å². The molecule has 1 aromatic rings. The molecule has 0 amide bonds. The highest BCUT2D eigenvalue weighted by molar-refractivity contribution is 6.00. The number of pyridine rings is 1. The summed E-state index contributed by atoms with van der Waals surface area (Å²) < 4.78 is 4.73.